The third-order valence-corrected chi connectivity index (χ3v) is 5.09. The number of aryl methyl sites for hydroxylation is 3. The van der Waals surface area contributed by atoms with Crippen molar-refractivity contribution in [2.75, 3.05) is 11.1 Å². The van der Waals surface area contributed by atoms with Crippen molar-refractivity contribution in [2.45, 2.75) is 25.9 Å². The average molecular weight is 393 g/mol. The van der Waals surface area contributed by atoms with Gasteiger partial charge in [-0.3, -0.25) is 4.79 Å². The molecule has 4 aromatic rings. The van der Waals surface area contributed by atoms with Crippen molar-refractivity contribution in [1.29, 1.82) is 0 Å². The van der Waals surface area contributed by atoms with Crippen molar-refractivity contribution < 1.29 is 9.32 Å². The number of nitrogens with one attached hydrogen (secondary N) is 1. The molecule has 1 N–H and O–H groups in total. The molecule has 4 rings (SSSR count). The topological polar surface area (TPSA) is 85.3 Å². The lowest BCUT2D eigenvalue weighted by molar-refractivity contribution is -0.113. The SMILES string of the molecule is Cc1cc(C)c2c(-c3ccccc3)nc(SCC(=O)Nc3cc(C)on3)n2n1. The molecule has 0 radical (unpaired) electrons. The van der Waals surface area contributed by atoms with Gasteiger partial charge in [0.15, 0.2) is 11.0 Å². The van der Waals surface area contributed by atoms with E-state index in [1.165, 1.54) is 11.8 Å². The molecule has 142 valence electrons. The van der Waals surface area contributed by atoms with Gasteiger partial charge in [-0.15, -0.1) is 0 Å². The predicted octanol–water partition coefficient (Wildman–Crippen LogP) is 4.04. The van der Waals surface area contributed by atoms with Crippen molar-refractivity contribution in [3.63, 3.8) is 0 Å². The Kier molecular flexibility index (Phi) is 4.87. The minimum atomic E-state index is -0.180. The summed E-state index contributed by atoms with van der Waals surface area (Å²) in [5.74, 6) is 1.06. The first-order chi connectivity index (χ1) is 13.5. The van der Waals surface area contributed by atoms with Crippen LogP contribution in [-0.4, -0.2) is 31.4 Å². The van der Waals surface area contributed by atoms with Crippen LogP contribution in [-0.2, 0) is 4.79 Å². The highest BCUT2D eigenvalue weighted by molar-refractivity contribution is 7.99. The number of amides is 1. The van der Waals surface area contributed by atoms with E-state index >= 15 is 0 Å². The number of thioether (sulfide) groups is 1. The third kappa shape index (κ3) is 3.63. The zero-order chi connectivity index (χ0) is 19.7. The number of carbonyl (C=O) groups is 1. The second-order valence-electron chi connectivity index (χ2n) is 6.50. The van der Waals surface area contributed by atoms with Gasteiger partial charge in [-0.25, -0.2) is 9.50 Å². The largest absolute Gasteiger partial charge is 0.360 e. The molecule has 0 atom stereocenters. The van der Waals surface area contributed by atoms with Crippen LogP contribution in [0.5, 0.6) is 0 Å². The minimum absolute atomic E-state index is 0.180. The number of nitrogens with zero attached hydrogens (tertiary/aromatic N) is 4. The van der Waals surface area contributed by atoms with E-state index in [9.17, 15) is 4.79 Å². The second kappa shape index (κ2) is 7.47. The molecular weight excluding hydrogens is 374 g/mol. The van der Waals surface area contributed by atoms with Crippen LogP contribution in [0.15, 0.2) is 52.1 Å². The summed E-state index contributed by atoms with van der Waals surface area (Å²) in [6.07, 6.45) is 0. The van der Waals surface area contributed by atoms with Gasteiger partial charge in [0.05, 0.1) is 22.7 Å². The molecule has 0 bridgehead atoms. The van der Waals surface area contributed by atoms with Crippen LogP contribution in [0.1, 0.15) is 17.0 Å². The molecule has 3 heterocycles. The van der Waals surface area contributed by atoms with Gasteiger partial charge in [0.25, 0.3) is 0 Å². The maximum absolute atomic E-state index is 12.3. The van der Waals surface area contributed by atoms with E-state index < -0.39 is 0 Å². The molecule has 0 saturated heterocycles. The maximum Gasteiger partial charge on any atom is 0.236 e. The normalized spacial score (nSPS) is 11.1. The van der Waals surface area contributed by atoms with Crippen LogP contribution in [0, 0.1) is 20.8 Å². The summed E-state index contributed by atoms with van der Waals surface area (Å²) < 4.78 is 6.79. The lowest BCUT2D eigenvalue weighted by atomic mass is 10.1. The standard InChI is InChI=1S/C20H19N5O2S/c1-12-9-13(2)23-25-19(12)18(15-7-5-4-6-8-15)22-20(25)28-11-17(26)21-16-10-14(3)27-24-16/h4-10H,11H2,1-3H3,(H,21,24,26). The molecule has 3 aromatic heterocycles. The highest BCUT2D eigenvalue weighted by Crippen LogP contribution is 2.30. The molecular formula is C20H19N5O2S. The average Bonchev–Trinajstić information content (AvgIpc) is 3.24. The van der Waals surface area contributed by atoms with Gasteiger partial charge in [-0.1, -0.05) is 47.3 Å². The van der Waals surface area contributed by atoms with Crippen LogP contribution >= 0.6 is 11.8 Å². The Labute approximate surface area is 166 Å². The summed E-state index contributed by atoms with van der Waals surface area (Å²) in [4.78, 5) is 17.1. The van der Waals surface area contributed by atoms with E-state index in [0.29, 0.717) is 16.7 Å². The van der Waals surface area contributed by atoms with Crippen LogP contribution in [0.3, 0.4) is 0 Å². The van der Waals surface area contributed by atoms with Gasteiger partial charge in [-0.05, 0) is 32.4 Å². The number of aromatic nitrogens is 4. The van der Waals surface area contributed by atoms with E-state index in [4.69, 9.17) is 9.51 Å². The number of fused-ring (bicyclic) bond motifs is 1. The number of carbonyl (C=O) groups excluding carboxylic acids is 1. The van der Waals surface area contributed by atoms with Gasteiger partial charge < -0.3 is 9.84 Å². The zero-order valence-corrected chi connectivity index (χ0v) is 16.6. The fourth-order valence-corrected chi connectivity index (χ4v) is 3.77. The minimum Gasteiger partial charge on any atom is -0.360 e. The first-order valence-corrected chi connectivity index (χ1v) is 9.78. The van der Waals surface area contributed by atoms with Crippen molar-refractivity contribution in [2.24, 2.45) is 0 Å². The Morgan fingerprint density at radius 2 is 1.96 bits per heavy atom. The lowest BCUT2D eigenvalue weighted by Crippen LogP contribution is -2.14. The number of benzene rings is 1. The molecule has 0 aliphatic carbocycles. The highest BCUT2D eigenvalue weighted by Gasteiger charge is 2.18. The molecule has 0 unspecified atom stereocenters. The van der Waals surface area contributed by atoms with Crippen LogP contribution in [0.4, 0.5) is 5.82 Å². The first-order valence-electron chi connectivity index (χ1n) is 8.79. The Morgan fingerprint density at radius 3 is 2.68 bits per heavy atom. The van der Waals surface area contributed by atoms with E-state index in [0.717, 1.165) is 28.0 Å². The van der Waals surface area contributed by atoms with Crippen molar-refractivity contribution in [1.82, 2.24) is 19.8 Å². The summed E-state index contributed by atoms with van der Waals surface area (Å²) in [5.41, 5.74) is 4.82. The summed E-state index contributed by atoms with van der Waals surface area (Å²) in [6.45, 7) is 5.77. The van der Waals surface area contributed by atoms with Crippen molar-refractivity contribution >= 4 is 29.0 Å². The number of hydrogen-bond acceptors (Lipinski definition) is 6. The summed E-state index contributed by atoms with van der Waals surface area (Å²) in [6, 6.07) is 13.7. The van der Waals surface area contributed by atoms with Crippen LogP contribution < -0.4 is 5.32 Å². The van der Waals surface area contributed by atoms with E-state index in [2.05, 4.69) is 15.6 Å². The van der Waals surface area contributed by atoms with E-state index in [1.54, 1.807) is 13.0 Å². The number of anilines is 1. The monoisotopic (exact) mass is 393 g/mol. The van der Waals surface area contributed by atoms with E-state index in [1.807, 2.05) is 54.8 Å². The highest BCUT2D eigenvalue weighted by atomic mass is 32.2. The van der Waals surface area contributed by atoms with Crippen LogP contribution in [0.25, 0.3) is 16.8 Å². The summed E-state index contributed by atoms with van der Waals surface area (Å²) in [5, 5.41) is 11.8. The molecule has 0 aliphatic heterocycles. The lowest BCUT2D eigenvalue weighted by Gasteiger charge is -2.04. The van der Waals surface area contributed by atoms with Gasteiger partial charge in [0.1, 0.15) is 5.76 Å². The second-order valence-corrected chi connectivity index (χ2v) is 7.44. The Balaban J connectivity index is 1.64. The molecule has 0 spiro atoms. The molecule has 7 nitrogen and oxygen atoms in total. The Morgan fingerprint density at radius 1 is 1.18 bits per heavy atom. The fourth-order valence-electron chi connectivity index (χ4n) is 3.03. The van der Waals surface area contributed by atoms with Crippen LogP contribution in [0.2, 0.25) is 0 Å². The van der Waals surface area contributed by atoms with Gasteiger partial charge >= 0.3 is 0 Å². The van der Waals surface area contributed by atoms with Crippen molar-refractivity contribution in [3.8, 4) is 11.3 Å². The zero-order valence-electron chi connectivity index (χ0n) is 15.8. The number of hydrogen-bond donors (Lipinski definition) is 1. The Hall–Kier alpha value is -3.13. The number of rotatable bonds is 5. The predicted molar refractivity (Wildman–Crippen MR) is 108 cm³/mol. The molecule has 8 heteroatoms. The maximum atomic E-state index is 12.3. The molecule has 1 amide bonds. The van der Waals surface area contributed by atoms with Gasteiger partial charge in [0.2, 0.25) is 5.91 Å². The quantitative estimate of drug-likeness (QED) is 0.515. The molecule has 1 aromatic carbocycles. The molecule has 0 fully saturated rings. The van der Waals surface area contributed by atoms with Gasteiger partial charge in [0, 0.05) is 11.6 Å². The third-order valence-electron chi connectivity index (χ3n) is 4.16. The van der Waals surface area contributed by atoms with Crippen molar-refractivity contribution in [3.05, 3.63) is 59.5 Å². The van der Waals surface area contributed by atoms with Gasteiger partial charge in [-0.2, -0.15) is 5.10 Å². The smallest absolute Gasteiger partial charge is 0.236 e. The Bertz CT molecular complexity index is 1150. The fraction of sp³-hybridized carbons (Fsp3) is 0.200. The summed E-state index contributed by atoms with van der Waals surface area (Å²) >= 11 is 1.34. The molecule has 28 heavy (non-hydrogen) atoms. The summed E-state index contributed by atoms with van der Waals surface area (Å²) in [7, 11) is 0. The molecule has 0 aliphatic rings. The number of imidazole rings is 1. The molecule has 0 saturated carbocycles. The van der Waals surface area contributed by atoms with E-state index in [-0.39, 0.29) is 11.7 Å². The first kappa shape index (κ1) is 18.2.